The van der Waals surface area contributed by atoms with Gasteiger partial charge in [-0.15, -0.1) is 0 Å². The molecule has 1 N–H and O–H groups in total. The van der Waals surface area contributed by atoms with Gasteiger partial charge < -0.3 is 10.2 Å². The Morgan fingerprint density at radius 2 is 2.29 bits per heavy atom. The topological polar surface area (TPSA) is 15.3 Å². The van der Waals surface area contributed by atoms with Crippen LogP contribution in [0.3, 0.4) is 0 Å². The van der Waals surface area contributed by atoms with E-state index in [-0.39, 0.29) is 0 Å². The van der Waals surface area contributed by atoms with Gasteiger partial charge in [0.1, 0.15) is 0 Å². The van der Waals surface area contributed by atoms with Crippen LogP contribution >= 0.6 is 12.2 Å². The van der Waals surface area contributed by atoms with E-state index in [4.69, 9.17) is 12.2 Å². The average Bonchev–Trinajstić information content (AvgIpc) is 2.15. The van der Waals surface area contributed by atoms with Crippen LogP contribution in [0.15, 0.2) is 12.2 Å². The molecule has 1 rings (SSSR count). The molecule has 1 aliphatic heterocycles. The minimum Gasteiger partial charge on any atom is -0.359 e. The van der Waals surface area contributed by atoms with Gasteiger partial charge in [-0.2, -0.15) is 0 Å². The minimum absolute atomic E-state index is 0.592. The van der Waals surface area contributed by atoms with Gasteiger partial charge in [0.25, 0.3) is 0 Å². The monoisotopic (exact) mass is 212 g/mol. The van der Waals surface area contributed by atoms with Gasteiger partial charge in [-0.1, -0.05) is 12.2 Å². The third kappa shape index (κ3) is 3.29. The molecule has 1 atom stereocenters. The molecule has 0 spiro atoms. The molecule has 14 heavy (non-hydrogen) atoms. The van der Waals surface area contributed by atoms with E-state index in [0.717, 1.165) is 23.8 Å². The van der Waals surface area contributed by atoms with E-state index in [1.54, 1.807) is 0 Å². The molecule has 3 heteroatoms. The van der Waals surface area contributed by atoms with Gasteiger partial charge in [0, 0.05) is 19.1 Å². The first-order valence-electron chi connectivity index (χ1n) is 5.30. The molecular weight excluding hydrogens is 192 g/mol. The Hall–Kier alpha value is -0.570. The lowest BCUT2D eigenvalue weighted by Crippen LogP contribution is -2.47. The van der Waals surface area contributed by atoms with Crippen LogP contribution in [0.1, 0.15) is 33.1 Å². The number of hydrogen-bond donors (Lipinski definition) is 1. The molecule has 1 fully saturated rings. The summed E-state index contributed by atoms with van der Waals surface area (Å²) in [6.07, 6.45) is 3.86. The average molecular weight is 212 g/mol. The van der Waals surface area contributed by atoms with E-state index in [2.05, 4.69) is 23.7 Å². The zero-order valence-corrected chi connectivity index (χ0v) is 9.99. The van der Waals surface area contributed by atoms with Crippen molar-refractivity contribution in [1.29, 1.82) is 0 Å². The number of likely N-dealkylation sites (tertiary alicyclic amines) is 1. The summed E-state index contributed by atoms with van der Waals surface area (Å²) < 4.78 is 0. The third-order valence-electron chi connectivity index (χ3n) is 2.61. The van der Waals surface area contributed by atoms with Crippen molar-refractivity contribution in [3.63, 3.8) is 0 Å². The van der Waals surface area contributed by atoms with Crippen LogP contribution in [0.25, 0.3) is 0 Å². The van der Waals surface area contributed by atoms with E-state index in [0.29, 0.717) is 6.04 Å². The maximum Gasteiger partial charge on any atom is 0.169 e. The number of nitrogens with one attached hydrogen (secondary N) is 1. The SMILES string of the molecule is C=C(C)CNC(=S)N1CCCC[C@H]1C. The highest BCUT2D eigenvalue weighted by atomic mass is 32.1. The van der Waals surface area contributed by atoms with Gasteiger partial charge >= 0.3 is 0 Å². The van der Waals surface area contributed by atoms with Gasteiger partial charge in [0.2, 0.25) is 0 Å². The molecule has 1 heterocycles. The van der Waals surface area contributed by atoms with E-state index >= 15 is 0 Å². The van der Waals surface area contributed by atoms with Crippen molar-refractivity contribution < 1.29 is 0 Å². The molecule has 0 radical (unpaired) electrons. The summed E-state index contributed by atoms with van der Waals surface area (Å²) in [6, 6.07) is 0.592. The predicted molar refractivity (Wildman–Crippen MR) is 65.4 cm³/mol. The van der Waals surface area contributed by atoms with E-state index in [9.17, 15) is 0 Å². The van der Waals surface area contributed by atoms with Gasteiger partial charge in [-0.05, 0) is 45.3 Å². The second-order valence-electron chi connectivity index (χ2n) is 4.15. The molecule has 1 saturated heterocycles. The summed E-state index contributed by atoms with van der Waals surface area (Å²) in [5.74, 6) is 0. The molecule has 0 saturated carbocycles. The fraction of sp³-hybridized carbons (Fsp3) is 0.727. The van der Waals surface area contributed by atoms with Crippen molar-refractivity contribution in [2.45, 2.75) is 39.2 Å². The van der Waals surface area contributed by atoms with Crippen LogP contribution in [0.2, 0.25) is 0 Å². The summed E-state index contributed by atoms with van der Waals surface area (Å²) in [5.41, 5.74) is 1.12. The van der Waals surface area contributed by atoms with Gasteiger partial charge in [0.15, 0.2) is 5.11 Å². The molecule has 1 aliphatic rings. The van der Waals surface area contributed by atoms with Crippen LogP contribution in [0, 0.1) is 0 Å². The number of piperidine rings is 1. The molecule has 0 aliphatic carbocycles. The smallest absolute Gasteiger partial charge is 0.169 e. The third-order valence-corrected chi connectivity index (χ3v) is 2.98. The zero-order chi connectivity index (χ0) is 10.6. The van der Waals surface area contributed by atoms with Gasteiger partial charge in [-0.25, -0.2) is 0 Å². The lowest BCUT2D eigenvalue weighted by molar-refractivity contribution is 0.256. The summed E-state index contributed by atoms with van der Waals surface area (Å²) >= 11 is 5.34. The Morgan fingerprint density at radius 1 is 1.57 bits per heavy atom. The Labute approximate surface area is 92.4 Å². The van der Waals surface area contributed by atoms with E-state index < -0.39 is 0 Å². The second kappa shape index (κ2) is 5.35. The van der Waals surface area contributed by atoms with Crippen LogP contribution in [-0.2, 0) is 0 Å². The van der Waals surface area contributed by atoms with Crippen LogP contribution in [-0.4, -0.2) is 29.1 Å². The number of hydrogen-bond acceptors (Lipinski definition) is 1. The fourth-order valence-electron chi connectivity index (χ4n) is 1.73. The molecule has 0 aromatic carbocycles. The number of thiocarbonyl (C=S) groups is 1. The number of rotatable bonds is 2. The predicted octanol–water partition coefficient (Wildman–Crippen LogP) is 2.31. The summed E-state index contributed by atoms with van der Waals surface area (Å²) in [5, 5.41) is 4.13. The lowest BCUT2D eigenvalue weighted by Gasteiger charge is -2.35. The normalized spacial score (nSPS) is 21.9. The zero-order valence-electron chi connectivity index (χ0n) is 9.18. The maximum absolute atomic E-state index is 5.34. The quantitative estimate of drug-likeness (QED) is 0.558. The maximum atomic E-state index is 5.34. The highest BCUT2D eigenvalue weighted by Gasteiger charge is 2.19. The largest absolute Gasteiger partial charge is 0.359 e. The van der Waals surface area contributed by atoms with Gasteiger partial charge in [0.05, 0.1) is 0 Å². The van der Waals surface area contributed by atoms with Crippen molar-refractivity contribution >= 4 is 17.3 Å². The second-order valence-corrected chi connectivity index (χ2v) is 4.54. The molecule has 2 nitrogen and oxygen atoms in total. The van der Waals surface area contributed by atoms with Gasteiger partial charge in [-0.3, -0.25) is 0 Å². The highest BCUT2D eigenvalue weighted by Crippen LogP contribution is 2.16. The Kier molecular flexibility index (Phi) is 4.39. The van der Waals surface area contributed by atoms with Crippen LogP contribution < -0.4 is 5.32 Å². The molecule has 80 valence electrons. The Bertz CT molecular complexity index is 225. The van der Waals surface area contributed by atoms with Crippen LogP contribution in [0.5, 0.6) is 0 Å². The molecule has 0 aromatic heterocycles. The first kappa shape index (κ1) is 11.5. The Balaban J connectivity index is 2.38. The molecular formula is C11H20N2S. The summed E-state index contributed by atoms with van der Waals surface area (Å²) in [7, 11) is 0. The first-order valence-corrected chi connectivity index (χ1v) is 5.71. The first-order chi connectivity index (χ1) is 6.61. The lowest BCUT2D eigenvalue weighted by atomic mass is 10.0. The molecule has 0 amide bonds. The summed E-state index contributed by atoms with van der Waals surface area (Å²) in [4.78, 5) is 2.29. The van der Waals surface area contributed by atoms with E-state index in [1.165, 1.54) is 19.3 Å². The van der Waals surface area contributed by atoms with Crippen molar-refractivity contribution in [2.24, 2.45) is 0 Å². The Morgan fingerprint density at radius 3 is 2.86 bits per heavy atom. The molecule has 0 bridgehead atoms. The minimum atomic E-state index is 0.592. The van der Waals surface area contributed by atoms with Crippen molar-refractivity contribution in [3.8, 4) is 0 Å². The van der Waals surface area contributed by atoms with Crippen molar-refractivity contribution in [1.82, 2.24) is 10.2 Å². The van der Waals surface area contributed by atoms with Crippen molar-refractivity contribution in [2.75, 3.05) is 13.1 Å². The molecule has 0 aromatic rings. The van der Waals surface area contributed by atoms with E-state index in [1.807, 2.05) is 6.92 Å². The highest BCUT2D eigenvalue weighted by molar-refractivity contribution is 7.80. The summed E-state index contributed by atoms with van der Waals surface area (Å²) in [6.45, 7) is 10.00. The van der Waals surface area contributed by atoms with Crippen molar-refractivity contribution in [3.05, 3.63) is 12.2 Å². The fourth-order valence-corrected chi connectivity index (χ4v) is 2.07. The molecule has 0 unspecified atom stereocenters. The number of nitrogens with zero attached hydrogens (tertiary/aromatic N) is 1. The standard InChI is InChI=1S/C11H20N2S/c1-9(2)8-12-11(14)13-7-5-4-6-10(13)3/h10H,1,4-8H2,2-3H3,(H,12,14)/t10-/m1/s1. The van der Waals surface area contributed by atoms with Crippen LogP contribution in [0.4, 0.5) is 0 Å².